The number of amides is 2. The van der Waals surface area contributed by atoms with E-state index in [1.54, 1.807) is 0 Å². The molecule has 2 aliphatic rings. The van der Waals surface area contributed by atoms with Crippen LogP contribution in [-0.4, -0.2) is 50.3 Å². The van der Waals surface area contributed by atoms with Crippen molar-refractivity contribution in [3.05, 3.63) is 0 Å². The molecule has 0 saturated carbocycles. The topological polar surface area (TPSA) is 76.7 Å². The third-order valence-electron chi connectivity index (χ3n) is 2.45. The van der Waals surface area contributed by atoms with Crippen molar-refractivity contribution in [1.29, 1.82) is 0 Å². The number of nitrogens with one attached hydrogen (secondary N) is 2. The third-order valence-corrected chi connectivity index (χ3v) is 2.45. The summed E-state index contributed by atoms with van der Waals surface area (Å²) in [6, 6.07) is -0.414. The van der Waals surface area contributed by atoms with E-state index in [1.807, 2.05) is 0 Å². The summed E-state index contributed by atoms with van der Waals surface area (Å²) < 4.78 is 10.6. The van der Waals surface area contributed by atoms with Crippen molar-refractivity contribution in [1.82, 2.24) is 10.6 Å². The number of carbonyl (C=O) groups is 2. The van der Waals surface area contributed by atoms with Crippen LogP contribution in [0.4, 0.5) is 0 Å². The summed E-state index contributed by atoms with van der Waals surface area (Å²) in [5, 5.41) is 5.24. The number of ether oxygens (including phenoxy) is 2. The van der Waals surface area contributed by atoms with Crippen molar-refractivity contribution < 1.29 is 19.1 Å². The molecule has 6 nitrogen and oxygen atoms in total. The molecule has 2 rings (SSSR count). The van der Waals surface area contributed by atoms with Crippen LogP contribution in [0.3, 0.4) is 0 Å². The molecule has 2 unspecified atom stereocenters. The van der Waals surface area contributed by atoms with Crippen molar-refractivity contribution in [3.63, 3.8) is 0 Å². The van der Waals surface area contributed by atoms with Gasteiger partial charge in [-0.15, -0.1) is 0 Å². The molecule has 0 aromatic rings. The minimum absolute atomic E-state index is 0.0257. The van der Waals surface area contributed by atoms with Gasteiger partial charge >= 0.3 is 0 Å². The minimum Gasteiger partial charge on any atom is -0.376 e. The molecule has 15 heavy (non-hydrogen) atoms. The molecular weight excluding hydrogens is 200 g/mol. The zero-order valence-electron chi connectivity index (χ0n) is 8.32. The van der Waals surface area contributed by atoms with E-state index >= 15 is 0 Å². The van der Waals surface area contributed by atoms with Crippen molar-refractivity contribution in [3.8, 4) is 0 Å². The van der Waals surface area contributed by atoms with Crippen LogP contribution in [0.15, 0.2) is 0 Å². The fourth-order valence-corrected chi connectivity index (χ4v) is 1.65. The van der Waals surface area contributed by atoms with Gasteiger partial charge in [-0.2, -0.15) is 0 Å². The van der Waals surface area contributed by atoms with Crippen LogP contribution in [-0.2, 0) is 19.1 Å². The number of rotatable bonds is 3. The Morgan fingerprint density at radius 2 is 2.27 bits per heavy atom. The lowest BCUT2D eigenvalue weighted by atomic mass is 10.2. The molecule has 2 atom stereocenters. The van der Waals surface area contributed by atoms with E-state index in [-0.39, 0.29) is 24.3 Å². The van der Waals surface area contributed by atoms with Crippen LogP contribution in [0.25, 0.3) is 0 Å². The molecular formula is C9H14N2O4. The Morgan fingerprint density at radius 1 is 1.40 bits per heavy atom. The maximum Gasteiger partial charge on any atom is 0.244 e. The van der Waals surface area contributed by atoms with Crippen LogP contribution in [0.5, 0.6) is 0 Å². The Kier molecular flexibility index (Phi) is 3.30. The summed E-state index contributed by atoms with van der Waals surface area (Å²) in [5.74, 6) is -0.477. The summed E-state index contributed by atoms with van der Waals surface area (Å²) >= 11 is 0. The highest BCUT2D eigenvalue weighted by molar-refractivity contribution is 6.05. The van der Waals surface area contributed by atoms with Gasteiger partial charge in [0.2, 0.25) is 11.8 Å². The van der Waals surface area contributed by atoms with Crippen LogP contribution in [0.1, 0.15) is 6.42 Å². The molecule has 6 heteroatoms. The molecule has 2 saturated heterocycles. The molecule has 0 aliphatic carbocycles. The van der Waals surface area contributed by atoms with Gasteiger partial charge in [0, 0.05) is 6.54 Å². The summed E-state index contributed by atoms with van der Waals surface area (Å²) in [6.07, 6.45) is 0.189. The summed E-state index contributed by atoms with van der Waals surface area (Å²) in [7, 11) is 0. The highest BCUT2D eigenvalue weighted by Crippen LogP contribution is 2.03. The lowest BCUT2D eigenvalue weighted by Gasteiger charge is -2.24. The first-order valence-electron chi connectivity index (χ1n) is 5.02. The molecule has 84 valence electrons. The van der Waals surface area contributed by atoms with Gasteiger partial charge in [-0.25, -0.2) is 0 Å². The number of hydrogen-bond donors (Lipinski definition) is 2. The monoisotopic (exact) mass is 214 g/mol. The molecule has 2 amide bonds. The second kappa shape index (κ2) is 4.69. The van der Waals surface area contributed by atoms with Crippen LogP contribution < -0.4 is 10.6 Å². The molecule has 2 heterocycles. The quantitative estimate of drug-likeness (QED) is 0.554. The third kappa shape index (κ3) is 2.74. The normalized spacial score (nSPS) is 31.7. The van der Waals surface area contributed by atoms with E-state index in [4.69, 9.17) is 9.47 Å². The summed E-state index contributed by atoms with van der Waals surface area (Å²) in [4.78, 5) is 22.1. The Bertz CT molecular complexity index is 263. The number of hydrogen-bond acceptors (Lipinski definition) is 5. The van der Waals surface area contributed by atoms with Gasteiger partial charge in [0.05, 0.1) is 38.4 Å². The van der Waals surface area contributed by atoms with Gasteiger partial charge in [0.1, 0.15) is 0 Å². The largest absolute Gasteiger partial charge is 0.376 e. The highest BCUT2D eigenvalue weighted by atomic mass is 16.6. The van der Waals surface area contributed by atoms with Crippen molar-refractivity contribution in [2.45, 2.75) is 18.6 Å². The van der Waals surface area contributed by atoms with Gasteiger partial charge in [-0.05, 0) is 0 Å². The molecule has 2 aliphatic heterocycles. The SMILES string of the molecule is O=C1CC(NCC2COCCO2)C(=O)N1. The standard InChI is InChI=1S/C9H14N2O4/c12-8-3-7(9(13)11-8)10-4-6-5-14-1-2-15-6/h6-7,10H,1-5H2,(H,11,12,13). The smallest absolute Gasteiger partial charge is 0.244 e. The van der Waals surface area contributed by atoms with Gasteiger partial charge in [-0.3, -0.25) is 14.9 Å². The number of imide groups is 1. The van der Waals surface area contributed by atoms with Crippen molar-refractivity contribution in [2.24, 2.45) is 0 Å². The Morgan fingerprint density at radius 3 is 2.87 bits per heavy atom. The first kappa shape index (κ1) is 10.5. The van der Waals surface area contributed by atoms with E-state index in [0.29, 0.717) is 26.4 Å². The number of carbonyl (C=O) groups excluding carboxylic acids is 2. The predicted octanol–water partition coefficient (Wildman–Crippen LogP) is -1.59. The molecule has 0 radical (unpaired) electrons. The summed E-state index contributed by atoms with van der Waals surface area (Å²) in [5.41, 5.74) is 0. The Balaban J connectivity index is 1.73. The average Bonchev–Trinajstić information content (AvgIpc) is 2.56. The van der Waals surface area contributed by atoms with E-state index in [2.05, 4.69) is 10.6 Å². The maximum atomic E-state index is 11.2. The molecule has 0 bridgehead atoms. The van der Waals surface area contributed by atoms with Gasteiger partial charge in [-0.1, -0.05) is 0 Å². The molecule has 0 spiro atoms. The van der Waals surface area contributed by atoms with Crippen LogP contribution >= 0.6 is 0 Å². The molecule has 0 aromatic carbocycles. The van der Waals surface area contributed by atoms with E-state index in [1.165, 1.54) is 0 Å². The molecule has 2 fully saturated rings. The summed E-state index contributed by atoms with van der Waals surface area (Å²) in [6.45, 7) is 2.28. The van der Waals surface area contributed by atoms with Crippen molar-refractivity contribution in [2.75, 3.05) is 26.4 Å². The predicted molar refractivity (Wildman–Crippen MR) is 50.1 cm³/mol. The fraction of sp³-hybridized carbons (Fsp3) is 0.778. The van der Waals surface area contributed by atoms with E-state index in [0.717, 1.165) is 0 Å². The molecule has 2 N–H and O–H groups in total. The van der Waals surface area contributed by atoms with E-state index in [9.17, 15) is 9.59 Å². The van der Waals surface area contributed by atoms with Crippen LogP contribution in [0, 0.1) is 0 Å². The lowest BCUT2D eigenvalue weighted by Crippen LogP contribution is -2.44. The van der Waals surface area contributed by atoms with Crippen LogP contribution in [0.2, 0.25) is 0 Å². The van der Waals surface area contributed by atoms with E-state index < -0.39 is 6.04 Å². The highest BCUT2D eigenvalue weighted by Gasteiger charge is 2.30. The van der Waals surface area contributed by atoms with Gasteiger partial charge < -0.3 is 14.8 Å². The van der Waals surface area contributed by atoms with Gasteiger partial charge in [0.15, 0.2) is 0 Å². The zero-order valence-corrected chi connectivity index (χ0v) is 8.32. The van der Waals surface area contributed by atoms with Gasteiger partial charge in [0.25, 0.3) is 0 Å². The second-order valence-electron chi connectivity index (χ2n) is 3.65. The second-order valence-corrected chi connectivity index (χ2v) is 3.65. The molecule has 0 aromatic heterocycles. The Hall–Kier alpha value is -0.980. The minimum atomic E-state index is -0.414. The maximum absolute atomic E-state index is 11.2. The first-order valence-corrected chi connectivity index (χ1v) is 5.02. The first-order chi connectivity index (χ1) is 7.25. The lowest BCUT2D eigenvalue weighted by molar-refractivity contribution is -0.125. The Labute approximate surface area is 87.3 Å². The van der Waals surface area contributed by atoms with Crippen molar-refractivity contribution >= 4 is 11.8 Å². The zero-order chi connectivity index (χ0) is 10.7. The average molecular weight is 214 g/mol. The fourth-order valence-electron chi connectivity index (χ4n) is 1.65.